The van der Waals surface area contributed by atoms with E-state index in [1.165, 1.54) is 24.0 Å². The zero-order valence-electron chi connectivity index (χ0n) is 27.8. The summed E-state index contributed by atoms with van der Waals surface area (Å²) in [4.78, 5) is 61.1. The molecule has 8 rings (SSSR count). The minimum Gasteiger partial charge on any atom is -0.497 e. The summed E-state index contributed by atoms with van der Waals surface area (Å²) in [5.74, 6) is -1.31. The van der Waals surface area contributed by atoms with Crippen LogP contribution in [0, 0.1) is 11.8 Å². The zero-order chi connectivity index (χ0) is 34.8. The van der Waals surface area contributed by atoms with Crippen LogP contribution in [0.25, 0.3) is 0 Å². The third-order valence-electron chi connectivity index (χ3n) is 10.3. The van der Waals surface area contributed by atoms with Crippen molar-refractivity contribution in [1.29, 1.82) is 0 Å². The average molecular weight is 675 g/mol. The molecule has 4 aliphatic rings. The predicted octanol–water partition coefficient (Wildman–Crippen LogP) is 4.17. The summed E-state index contributed by atoms with van der Waals surface area (Å²) in [5, 5.41) is 3.66. The zero-order valence-corrected chi connectivity index (χ0v) is 27.8. The molecular formula is C38H34N4O8. The van der Waals surface area contributed by atoms with Gasteiger partial charge < -0.3 is 18.9 Å². The number of anilines is 2. The van der Waals surface area contributed by atoms with E-state index in [9.17, 15) is 19.2 Å². The van der Waals surface area contributed by atoms with Crippen molar-refractivity contribution in [2.75, 3.05) is 38.2 Å². The molecule has 12 heteroatoms. The van der Waals surface area contributed by atoms with Gasteiger partial charge in [0.15, 0.2) is 0 Å². The Balaban J connectivity index is 1.32. The molecule has 6 atom stereocenters. The van der Waals surface area contributed by atoms with Gasteiger partial charge in [0.25, 0.3) is 11.8 Å². The van der Waals surface area contributed by atoms with Gasteiger partial charge in [-0.15, -0.1) is 0 Å². The van der Waals surface area contributed by atoms with E-state index in [1.807, 2.05) is 34.3 Å². The van der Waals surface area contributed by atoms with Crippen LogP contribution in [0.15, 0.2) is 97.1 Å². The molecule has 4 saturated heterocycles. The lowest BCUT2D eigenvalue weighted by Crippen LogP contribution is -2.50. The number of rotatable bonds is 8. The first-order valence-electron chi connectivity index (χ1n) is 16.2. The monoisotopic (exact) mass is 674 g/mol. The van der Waals surface area contributed by atoms with Crippen LogP contribution >= 0.6 is 0 Å². The molecule has 254 valence electrons. The number of fused-ring (bicyclic) bond motifs is 5. The Hall–Kier alpha value is -5.72. The van der Waals surface area contributed by atoms with Crippen LogP contribution in [0.5, 0.6) is 23.0 Å². The first kappa shape index (κ1) is 31.5. The topological polar surface area (TPSA) is 118 Å². The molecule has 4 aromatic rings. The Kier molecular flexibility index (Phi) is 7.57. The van der Waals surface area contributed by atoms with Crippen molar-refractivity contribution in [2.24, 2.45) is 11.8 Å². The predicted molar refractivity (Wildman–Crippen MR) is 181 cm³/mol. The normalized spacial score (nSPS) is 25.9. The smallest absolute Gasteiger partial charge is 0.253 e. The Morgan fingerprint density at radius 2 is 0.780 bits per heavy atom. The second-order valence-corrected chi connectivity index (χ2v) is 12.6. The van der Waals surface area contributed by atoms with Gasteiger partial charge in [-0.1, -0.05) is 36.4 Å². The molecule has 0 bridgehead atoms. The van der Waals surface area contributed by atoms with Crippen LogP contribution in [0.2, 0.25) is 0 Å². The van der Waals surface area contributed by atoms with Crippen LogP contribution in [0.1, 0.15) is 23.2 Å². The van der Waals surface area contributed by atoms with Crippen molar-refractivity contribution in [3.05, 3.63) is 108 Å². The number of methoxy groups -OCH3 is 4. The molecule has 0 spiro atoms. The number of imide groups is 2. The number of hydrogen-bond acceptors (Lipinski definition) is 10. The number of carbonyl (C=O) groups excluding carboxylic acids is 4. The quantitative estimate of drug-likeness (QED) is 0.252. The third-order valence-corrected chi connectivity index (χ3v) is 10.3. The Morgan fingerprint density at radius 1 is 0.420 bits per heavy atom. The molecule has 50 heavy (non-hydrogen) atoms. The van der Waals surface area contributed by atoms with Gasteiger partial charge in [-0.05, 0) is 59.7 Å². The van der Waals surface area contributed by atoms with Gasteiger partial charge >= 0.3 is 0 Å². The van der Waals surface area contributed by atoms with E-state index < -0.39 is 59.6 Å². The first-order chi connectivity index (χ1) is 24.3. The van der Waals surface area contributed by atoms with Crippen molar-refractivity contribution in [1.82, 2.24) is 10.0 Å². The Labute approximate surface area is 288 Å². The van der Waals surface area contributed by atoms with E-state index >= 15 is 0 Å². The fourth-order valence-corrected chi connectivity index (χ4v) is 8.11. The van der Waals surface area contributed by atoms with E-state index in [0.717, 1.165) is 0 Å². The van der Waals surface area contributed by atoms with Crippen molar-refractivity contribution in [3.63, 3.8) is 0 Å². The summed E-state index contributed by atoms with van der Waals surface area (Å²) in [5.41, 5.74) is 2.16. The van der Waals surface area contributed by atoms with Crippen molar-refractivity contribution in [2.45, 2.75) is 24.2 Å². The minimum absolute atomic E-state index is 0.380. The van der Waals surface area contributed by atoms with E-state index in [0.29, 0.717) is 45.5 Å². The number of ether oxygens (including phenoxy) is 4. The summed E-state index contributed by atoms with van der Waals surface area (Å²) in [6, 6.07) is 24.6. The number of hydrogen-bond donors (Lipinski definition) is 0. The molecule has 0 aliphatic carbocycles. The maximum atomic E-state index is 14.7. The maximum absolute atomic E-state index is 14.7. The van der Waals surface area contributed by atoms with Crippen LogP contribution in [-0.4, -0.2) is 74.2 Å². The summed E-state index contributed by atoms with van der Waals surface area (Å²) in [6.07, 6.45) is 0. The molecular weight excluding hydrogens is 640 g/mol. The summed E-state index contributed by atoms with van der Waals surface area (Å²) < 4.78 is 21.7. The summed E-state index contributed by atoms with van der Waals surface area (Å²) in [6.45, 7) is 0. The van der Waals surface area contributed by atoms with Gasteiger partial charge in [-0.2, -0.15) is 0 Å². The van der Waals surface area contributed by atoms with Gasteiger partial charge in [0, 0.05) is 12.1 Å². The van der Waals surface area contributed by atoms with Crippen molar-refractivity contribution in [3.8, 4) is 23.0 Å². The molecule has 0 N–H and O–H groups in total. The van der Waals surface area contributed by atoms with Gasteiger partial charge in [-0.3, -0.25) is 19.2 Å². The lowest BCUT2D eigenvalue weighted by atomic mass is 9.84. The van der Waals surface area contributed by atoms with Gasteiger partial charge in [-0.25, -0.2) is 19.8 Å². The third kappa shape index (κ3) is 4.52. The standard InChI is InChI=1S/C38H34N4O8/c1-47-25-15-11-21(12-16-25)31-29-33(37(45)39(35(29)43)23-7-5-9-27(19-23)49-3)42-32(22-13-17-26(48-2)18-14-22)30-34(41(31)42)38(46)40(36(30)44)24-8-6-10-28(20-24)50-4/h5-20,29-34H,1-4H3. The average Bonchev–Trinajstić information content (AvgIpc) is 3.83. The van der Waals surface area contributed by atoms with Gasteiger partial charge in [0.2, 0.25) is 11.8 Å². The number of nitrogens with zero attached hydrogens (tertiary/aromatic N) is 4. The molecule has 0 aromatic heterocycles. The van der Waals surface area contributed by atoms with Crippen LogP contribution in [0.4, 0.5) is 11.4 Å². The largest absolute Gasteiger partial charge is 0.497 e. The van der Waals surface area contributed by atoms with Crippen molar-refractivity contribution < 1.29 is 38.1 Å². The number of benzene rings is 4. The summed E-state index contributed by atoms with van der Waals surface area (Å²) >= 11 is 0. The fourth-order valence-electron chi connectivity index (χ4n) is 8.11. The molecule has 4 fully saturated rings. The molecule has 0 radical (unpaired) electrons. The van der Waals surface area contributed by atoms with Crippen LogP contribution in [0.3, 0.4) is 0 Å². The number of carbonyl (C=O) groups is 4. The van der Waals surface area contributed by atoms with E-state index in [1.54, 1.807) is 87.0 Å². The second kappa shape index (κ2) is 12.0. The molecule has 6 unspecified atom stereocenters. The second-order valence-electron chi connectivity index (χ2n) is 12.6. The molecule has 4 aromatic carbocycles. The highest BCUT2D eigenvalue weighted by Crippen LogP contribution is 2.60. The molecule has 4 amide bonds. The molecule has 4 heterocycles. The number of hydrazine groups is 1. The lowest BCUT2D eigenvalue weighted by molar-refractivity contribution is -0.136. The Bertz CT molecular complexity index is 1870. The minimum atomic E-state index is -1.01. The highest BCUT2D eigenvalue weighted by Gasteiger charge is 2.73. The van der Waals surface area contributed by atoms with Crippen LogP contribution < -0.4 is 28.7 Å². The van der Waals surface area contributed by atoms with E-state index in [4.69, 9.17) is 18.9 Å². The summed E-state index contributed by atoms with van der Waals surface area (Å²) in [7, 11) is 6.16. The van der Waals surface area contributed by atoms with Crippen molar-refractivity contribution >= 4 is 35.0 Å². The van der Waals surface area contributed by atoms with Crippen LogP contribution in [-0.2, 0) is 19.2 Å². The van der Waals surface area contributed by atoms with E-state index in [2.05, 4.69) is 0 Å². The first-order valence-corrected chi connectivity index (χ1v) is 16.2. The lowest BCUT2D eigenvalue weighted by Gasteiger charge is -2.35. The molecule has 12 nitrogen and oxygen atoms in total. The van der Waals surface area contributed by atoms with Gasteiger partial charge in [0.1, 0.15) is 35.1 Å². The fraction of sp³-hybridized carbons (Fsp3) is 0.263. The highest BCUT2D eigenvalue weighted by molar-refractivity contribution is 6.26. The SMILES string of the molecule is COc1ccc(C2C3C(=O)N(c4cccc(OC)c4)C(=O)C3N3C(c4ccc(OC)cc4)C4C(=O)N(c5cccc(OC)c5)C(=O)C4N23)cc1. The Morgan fingerprint density at radius 3 is 1.12 bits per heavy atom. The molecule has 4 aliphatic heterocycles. The van der Waals surface area contributed by atoms with Gasteiger partial charge in [0.05, 0.1) is 63.7 Å². The van der Waals surface area contributed by atoms with E-state index in [-0.39, 0.29) is 0 Å². The maximum Gasteiger partial charge on any atom is 0.253 e. The molecule has 0 saturated carbocycles. The number of amides is 4. The highest BCUT2D eigenvalue weighted by atomic mass is 16.5.